The second-order valence-corrected chi connectivity index (χ2v) is 6.02. The Kier molecular flexibility index (Phi) is 4.75. The highest BCUT2D eigenvalue weighted by molar-refractivity contribution is 7.84. The number of amides is 1. The molecule has 0 aliphatic heterocycles. The molecule has 2 aromatic carbocycles. The number of hydrogen-bond acceptors (Lipinski definition) is 3. The van der Waals surface area contributed by atoms with Crippen LogP contribution in [0.15, 0.2) is 47.4 Å². The molecule has 21 heavy (non-hydrogen) atoms. The lowest BCUT2D eigenvalue weighted by Crippen LogP contribution is -2.12. The van der Waals surface area contributed by atoms with Gasteiger partial charge in [-0.05, 0) is 48.9 Å². The van der Waals surface area contributed by atoms with Gasteiger partial charge in [0, 0.05) is 27.5 Å². The Bertz CT molecular complexity index is 680. The molecule has 1 atom stereocenters. The van der Waals surface area contributed by atoms with E-state index in [2.05, 4.69) is 5.32 Å². The van der Waals surface area contributed by atoms with Crippen molar-refractivity contribution < 1.29 is 13.7 Å². The Morgan fingerprint density at radius 3 is 2.38 bits per heavy atom. The van der Waals surface area contributed by atoms with Crippen molar-refractivity contribution in [1.82, 2.24) is 0 Å². The van der Waals surface area contributed by atoms with Crippen LogP contribution in [0.25, 0.3) is 0 Å². The van der Waals surface area contributed by atoms with E-state index in [9.17, 15) is 9.00 Å². The zero-order chi connectivity index (χ0) is 15.4. The van der Waals surface area contributed by atoms with Gasteiger partial charge in [0.05, 0.1) is 12.8 Å². The molecule has 0 saturated heterocycles. The lowest BCUT2D eigenvalue weighted by atomic mass is 10.2. The van der Waals surface area contributed by atoms with Crippen molar-refractivity contribution in [3.63, 3.8) is 0 Å². The number of aryl methyl sites for hydroxylation is 1. The lowest BCUT2D eigenvalue weighted by molar-refractivity contribution is 0.102. The van der Waals surface area contributed by atoms with E-state index in [1.807, 2.05) is 25.1 Å². The highest BCUT2D eigenvalue weighted by Crippen LogP contribution is 2.25. The molecule has 0 fully saturated rings. The summed E-state index contributed by atoms with van der Waals surface area (Å²) in [6.07, 6.45) is 1.60. The van der Waals surface area contributed by atoms with Crippen molar-refractivity contribution in [1.29, 1.82) is 0 Å². The molecule has 5 heteroatoms. The maximum Gasteiger partial charge on any atom is 0.255 e. The molecule has 0 radical (unpaired) electrons. The fourth-order valence-corrected chi connectivity index (χ4v) is 2.41. The van der Waals surface area contributed by atoms with Gasteiger partial charge in [0.15, 0.2) is 0 Å². The van der Waals surface area contributed by atoms with Gasteiger partial charge < -0.3 is 10.1 Å². The third-order valence-electron chi connectivity index (χ3n) is 3.05. The zero-order valence-electron chi connectivity index (χ0n) is 12.2. The molecule has 2 rings (SSSR count). The molecule has 0 bridgehead atoms. The van der Waals surface area contributed by atoms with Crippen molar-refractivity contribution in [3.8, 4) is 5.75 Å². The fraction of sp³-hybridized carbons (Fsp3) is 0.188. The van der Waals surface area contributed by atoms with Crippen molar-refractivity contribution in [2.24, 2.45) is 0 Å². The summed E-state index contributed by atoms with van der Waals surface area (Å²) < 4.78 is 16.6. The molecule has 1 N–H and O–H groups in total. The standard InChI is InChI=1S/C16H17NO3S/c1-11-4-9-14(15(10-11)20-2)17-16(18)12-5-7-13(8-6-12)21(3)19/h4-10H,1-3H3,(H,17,18). The van der Waals surface area contributed by atoms with Crippen LogP contribution in [0.3, 0.4) is 0 Å². The van der Waals surface area contributed by atoms with Crippen molar-refractivity contribution in [3.05, 3.63) is 53.6 Å². The molecule has 2 aromatic rings. The largest absolute Gasteiger partial charge is 0.495 e. The number of methoxy groups -OCH3 is 1. The van der Waals surface area contributed by atoms with E-state index >= 15 is 0 Å². The van der Waals surface area contributed by atoms with Gasteiger partial charge in [-0.1, -0.05) is 6.07 Å². The molecular weight excluding hydrogens is 286 g/mol. The molecule has 1 unspecified atom stereocenters. The van der Waals surface area contributed by atoms with Crippen LogP contribution in [-0.4, -0.2) is 23.5 Å². The molecule has 0 aliphatic carbocycles. The van der Waals surface area contributed by atoms with E-state index < -0.39 is 10.8 Å². The topological polar surface area (TPSA) is 55.4 Å². The smallest absolute Gasteiger partial charge is 0.255 e. The van der Waals surface area contributed by atoms with E-state index in [-0.39, 0.29) is 5.91 Å². The van der Waals surface area contributed by atoms with Gasteiger partial charge in [-0.25, -0.2) is 0 Å². The van der Waals surface area contributed by atoms with Gasteiger partial charge in [-0.15, -0.1) is 0 Å². The van der Waals surface area contributed by atoms with E-state index in [1.54, 1.807) is 37.6 Å². The highest BCUT2D eigenvalue weighted by Gasteiger charge is 2.10. The monoisotopic (exact) mass is 303 g/mol. The van der Waals surface area contributed by atoms with E-state index in [1.165, 1.54) is 0 Å². The molecular formula is C16H17NO3S. The minimum Gasteiger partial charge on any atom is -0.495 e. The summed E-state index contributed by atoms with van der Waals surface area (Å²) in [6, 6.07) is 12.3. The maximum absolute atomic E-state index is 12.2. The molecule has 1 amide bonds. The molecule has 110 valence electrons. The Hall–Kier alpha value is -2.14. The van der Waals surface area contributed by atoms with Gasteiger partial charge >= 0.3 is 0 Å². The summed E-state index contributed by atoms with van der Waals surface area (Å²) in [5.74, 6) is 0.389. The summed E-state index contributed by atoms with van der Waals surface area (Å²) in [5, 5.41) is 2.81. The van der Waals surface area contributed by atoms with E-state index in [0.717, 1.165) is 5.56 Å². The SMILES string of the molecule is COc1cc(C)ccc1NC(=O)c1ccc(S(C)=O)cc1. The summed E-state index contributed by atoms with van der Waals surface area (Å²) in [7, 11) is 0.517. The van der Waals surface area contributed by atoms with Gasteiger partial charge in [-0.3, -0.25) is 9.00 Å². The second kappa shape index (κ2) is 6.54. The molecule has 4 nitrogen and oxygen atoms in total. The zero-order valence-corrected chi connectivity index (χ0v) is 13.0. The third-order valence-corrected chi connectivity index (χ3v) is 3.99. The number of ether oxygens (including phenoxy) is 1. The summed E-state index contributed by atoms with van der Waals surface area (Å²) >= 11 is 0. The predicted molar refractivity (Wildman–Crippen MR) is 84.5 cm³/mol. The Morgan fingerprint density at radius 1 is 1.14 bits per heavy atom. The Labute approximate surface area is 126 Å². The first-order valence-electron chi connectivity index (χ1n) is 6.40. The van der Waals surface area contributed by atoms with Crippen molar-refractivity contribution in [2.75, 3.05) is 18.7 Å². The molecule has 0 saturated carbocycles. The summed E-state index contributed by atoms with van der Waals surface area (Å²) in [6.45, 7) is 1.96. The number of anilines is 1. The normalized spacial score (nSPS) is 11.8. The van der Waals surface area contributed by atoms with Crippen LogP contribution in [-0.2, 0) is 10.8 Å². The number of carbonyl (C=O) groups is 1. The minimum absolute atomic E-state index is 0.231. The predicted octanol–water partition coefficient (Wildman–Crippen LogP) is 2.99. The molecule has 0 aromatic heterocycles. The van der Waals surface area contributed by atoms with E-state index in [0.29, 0.717) is 21.9 Å². The molecule has 0 heterocycles. The Balaban J connectivity index is 2.19. The number of nitrogens with one attached hydrogen (secondary N) is 1. The van der Waals surface area contributed by atoms with Gasteiger partial charge in [0.2, 0.25) is 0 Å². The van der Waals surface area contributed by atoms with Crippen molar-refractivity contribution >= 4 is 22.4 Å². The van der Waals surface area contributed by atoms with Crippen LogP contribution in [0.4, 0.5) is 5.69 Å². The summed E-state index contributed by atoms with van der Waals surface area (Å²) in [5.41, 5.74) is 2.18. The van der Waals surface area contributed by atoms with Crippen LogP contribution in [0.2, 0.25) is 0 Å². The van der Waals surface area contributed by atoms with Gasteiger partial charge in [0.1, 0.15) is 5.75 Å². The number of hydrogen-bond donors (Lipinski definition) is 1. The van der Waals surface area contributed by atoms with E-state index in [4.69, 9.17) is 4.74 Å². The quantitative estimate of drug-likeness (QED) is 0.944. The molecule has 0 spiro atoms. The highest BCUT2D eigenvalue weighted by atomic mass is 32.2. The van der Waals surface area contributed by atoms with Crippen LogP contribution in [0, 0.1) is 6.92 Å². The first kappa shape index (κ1) is 15.3. The van der Waals surface area contributed by atoms with Crippen LogP contribution in [0.1, 0.15) is 15.9 Å². The lowest BCUT2D eigenvalue weighted by Gasteiger charge is -2.11. The average Bonchev–Trinajstić information content (AvgIpc) is 2.49. The second-order valence-electron chi connectivity index (χ2n) is 4.64. The van der Waals surface area contributed by atoms with Crippen molar-refractivity contribution in [2.45, 2.75) is 11.8 Å². The maximum atomic E-state index is 12.2. The number of rotatable bonds is 4. The first-order chi connectivity index (χ1) is 10.0. The fourth-order valence-electron chi connectivity index (χ4n) is 1.89. The van der Waals surface area contributed by atoms with Gasteiger partial charge in [-0.2, -0.15) is 0 Å². The average molecular weight is 303 g/mol. The number of benzene rings is 2. The number of carbonyl (C=O) groups excluding carboxylic acids is 1. The van der Waals surface area contributed by atoms with Crippen LogP contribution >= 0.6 is 0 Å². The van der Waals surface area contributed by atoms with Crippen LogP contribution in [0.5, 0.6) is 5.75 Å². The first-order valence-corrected chi connectivity index (χ1v) is 7.96. The minimum atomic E-state index is -1.05. The van der Waals surface area contributed by atoms with Gasteiger partial charge in [0.25, 0.3) is 5.91 Å². The third kappa shape index (κ3) is 3.70. The summed E-state index contributed by atoms with van der Waals surface area (Å²) in [4.78, 5) is 12.9. The Morgan fingerprint density at radius 2 is 1.81 bits per heavy atom. The van der Waals surface area contributed by atoms with Crippen LogP contribution < -0.4 is 10.1 Å². The molecule has 0 aliphatic rings.